The molecule has 0 aliphatic rings. The van der Waals surface area contributed by atoms with Gasteiger partial charge in [0.15, 0.2) is 0 Å². The normalized spacial score (nSPS) is 12.2. The molecule has 0 aromatic carbocycles. The average molecular weight is 192 g/mol. The third-order valence-corrected chi connectivity index (χ3v) is 1.48. The number of carbonyl (C=O) groups is 2. The molecule has 0 aromatic rings. The molecule has 12 heavy (non-hydrogen) atoms. The Morgan fingerprint density at radius 3 is 2.50 bits per heavy atom. The number of carbonyl (C=O) groups excluding carboxylic acids is 1. The van der Waals surface area contributed by atoms with Crippen LogP contribution >= 0.6 is 12.6 Å². The third-order valence-electron chi connectivity index (χ3n) is 1.12. The maximum absolute atomic E-state index is 10.8. The number of carboxylic acids is 1. The number of ether oxygens (including phenoxy) is 1. The highest BCUT2D eigenvalue weighted by molar-refractivity contribution is 7.81. The number of carboxylic acid groups (broad SMARTS) is 1. The van der Waals surface area contributed by atoms with Crippen molar-refractivity contribution < 1.29 is 19.4 Å². The van der Waals surface area contributed by atoms with Crippen molar-refractivity contribution in [2.24, 2.45) is 0 Å². The number of rotatable bonds is 5. The van der Waals surface area contributed by atoms with Crippen LogP contribution in [0.1, 0.15) is 19.8 Å². The second-order valence-electron chi connectivity index (χ2n) is 2.26. The summed E-state index contributed by atoms with van der Waals surface area (Å²) in [6.07, 6.45) is -0.0782. The molecule has 0 spiro atoms. The lowest BCUT2D eigenvalue weighted by Crippen LogP contribution is -2.14. The zero-order valence-electron chi connectivity index (χ0n) is 6.82. The smallest absolute Gasteiger partial charge is 0.306 e. The van der Waals surface area contributed by atoms with Gasteiger partial charge >= 0.3 is 11.9 Å². The molecule has 0 saturated carbocycles. The van der Waals surface area contributed by atoms with Gasteiger partial charge in [0.25, 0.3) is 0 Å². The van der Waals surface area contributed by atoms with Gasteiger partial charge in [-0.15, -0.1) is 0 Å². The van der Waals surface area contributed by atoms with Gasteiger partial charge in [-0.25, -0.2) is 0 Å². The van der Waals surface area contributed by atoms with Crippen molar-refractivity contribution in [3.8, 4) is 0 Å². The molecule has 0 heterocycles. The van der Waals surface area contributed by atoms with Gasteiger partial charge in [-0.2, -0.15) is 12.6 Å². The molecule has 1 atom stereocenters. The predicted molar refractivity (Wildman–Crippen MR) is 46.3 cm³/mol. The van der Waals surface area contributed by atoms with Crippen LogP contribution in [-0.2, 0) is 14.3 Å². The molecule has 0 saturated heterocycles. The van der Waals surface area contributed by atoms with Gasteiger partial charge in [-0.05, 0) is 6.92 Å². The number of hydrogen-bond donors (Lipinski definition) is 2. The molecule has 4 nitrogen and oxygen atoms in total. The minimum absolute atomic E-state index is 0.0449. The van der Waals surface area contributed by atoms with Crippen LogP contribution in [0.5, 0.6) is 0 Å². The van der Waals surface area contributed by atoms with Gasteiger partial charge in [0.2, 0.25) is 0 Å². The molecule has 0 aliphatic heterocycles. The highest BCUT2D eigenvalue weighted by Gasteiger charge is 2.13. The van der Waals surface area contributed by atoms with Crippen molar-refractivity contribution in [1.29, 1.82) is 0 Å². The first-order valence-corrected chi connectivity index (χ1v) is 4.13. The summed E-state index contributed by atoms with van der Waals surface area (Å²) in [6.45, 7) is 2.01. The maximum Gasteiger partial charge on any atom is 0.306 e. The number of thiol groups is 1. The predicted octanol–water partition coefficient (Wildman–Crippen LogP) is 0.713. The Morgan fingerprint density at radius 2 is 2.08 bits per heavy atom. The maximum atomic E-state index is 10.8. The van der Waals surface area contributed by atoms with E-state index in [-0.39, 0.29) is 12.8 Å². The van der Waals surface area contributed by atoms with E-state index in [0.29, 0.717) is 6.61 Å². The molecule has 0 bridgehead atoms. The van der Waals surface area contributed by atoms with Gasteiger partial charge in [0.1, 0.15) is 0 Å². The summed E-state index contributed by atoms with van der Waals surface area (Å²) in [5.74, 6) is -1.36. The molecule has 70 valence electrons. The van der Waals surface area contributed by atoms with Gasteiger partial charge in [-0.1, -0.05) is 0 Å². The van der Waals surface area contributed by atoms with Gasteiger partial charge in [0.05, 0.1) is 19.4 Å². The van der Waals surface area contributed by atoms with Crippen LogP contribution in [0, 0.1) is 0 Å². The zero-order valence-corrected chi connectivity index (χ0v) is 7.71. The number of esters is 1. The summed E-state index contributed by atoms with van der Waals surface area (Å²) in [7, 11) is 0. The van der Waals surface area contributed by atoms with E-state index >= 15 is 0 Å². The molecule has 0 aromatic heterocycles. The van der Waals surface area contributed by atoms with Crippen molar-refractivity contribution in [3.05, 3.63) is 0 Å². The topological polar surface area (TPSA) is 63.6 Å². The Morgan fingerprint density at radius 1 is 1.50 bits per heavy atom. The quantitative estimate of drug-likeness (QED) is 0.497. The number of aliphatic carboxylic acids is 1. The van der Waals surface area contributed by atoms with E-state index in [9.17, 15) is 9.59 Å². The molecular formula is C7H12O4S. The second-order valence-corrected chi connectivity index (χ2v) is 2.99. The van der Waals surface area contributed by atoms with Gasteiger partial charge < -0.3 is 9.84 Å². The summed E-state index contributed by atoms with van der Waals surface area (Å²) in [5.41, 5.74) is 0. The summed E-state index contributed by atoms with van der Waals surface area (Å²) >= 11 is 3.92. The van der Waals surface area contributed by atoms with Crippen LogP contribution in [0.4, 0.5) is 0 Å². The van der Waals surface area contributed by atoms with Crippen molar-refractivity contribution in [2.75, 3.05) is 6.61 Å². The fourth-order valence-electron chi connectivity index (χ4n) is 0.686. The van der Waals surface area contributed by atoms with Crippen molar-refractivity contribution in [1.82, 2.24) is 0 Å². The number of hydrogen-bond acceptors (Lipinski definition) is 4. The Kier molecular flexibility index (Phi) is 5.53. The minimum Gasteiger partial charge on any atom is -0.481 e. The van der Waals surface area contributed by atoms with Crippen LogP contribution in [0.15, 0.2) is 0 Å². The Hall–Kier alpha value is -0.710. The first kappa shape index (κ1) is 11.3. The zero-order chi connectivity index (χ0) is 9.56. The van der Waals surface area contributed by atoms with E-state index in [2.05, 4.69) is 17.4 Å². The molecule has 0 fully saturated rings. The summed E-state index contributed by atoms with van der Waals surface area (Å²) in [6, 6.07) is 0. The highest BCUT2D eigenvalue weighted by atomic mass is 32.1. The first-order valence-electron chi connectivity index (χ1n) is 3.61. The van der Waals surface area contributed by atoms with E-state index in [1.165, 1.54) is 0 Å². The lowest BCUT2D eigenvalue weighted by atomic mass is 10.2. The minimum atomic E-state index is -0.959. The molecule has 0 rings (SSSR count). The van der Waals surface area contributed by atoms with Crippen molar-refractivity contribution in [3.63, 3.8) is 0 Å². The summed E-state index contributed by atoms with van der Waals surface area (Å²) in [4.78, 5) is 20.9. The molecule has 0 aliphatic carbocycles. The lowest BCUT2D eigenvalue weighted by Gasteiger charge is -2.06. The molecule has 1 unspecified atom stereocenters. The Balaban J connectivity index is 3.61. The Labute approximate surface area is 76.3 Å². The summed E-state index contributed by atoms with van der Waals surface area (Å²) in [5, 5.41) is 7.87. The third kappa shape index (κ3) is 6.03. The van der Waals surface area contributed by atoms with Crippen LogP contribution in [0.25, 0.3) is 0 Å². The molecule has 1 N–H and O–H groups in total. The lowest BCUT2D eigenvalue weighted by molar-refractivity contribution is -0.143. The van der Waals surface area contributed by atoms with E-state index in [1.807, 2.05) is 0 Å². The van der Waals surface area contributed by atoms with Crippen molar-refractivity contribution in [2.45, 2.75) is 25.0 Å². The average Bonchev–Trinajstić information content (AvgIpc) is 1.84. The fraction of sp³-hybridized carbons (Fsp3) is 0.714. The second kappa shape index (κ2) is 5.88. The van der Waals surface area contributed by atoms with Gasteiger partial charge in [-0.3, -0.25) is 9.59 Å². The SMILES string of the molecule is CCOC(=O)CC(S)CC(=O)O. The summed E-state index contributed by atoms with van der Waals surface area (Å²) < 4.78 is 4.61. The van der Waals surface area contributed by atoms with E-state index in [0.717, 1.165) is 0 Å². The molecular weight excluding hydrogens is 180 g/mol. The fourth-order valence-corrected chi connectivity index (χ4v) is 0.991. The van der Waals surface area contributed by atoms with Crippen LogP contribution in [0.2, 0.25) is 0 Å². The largest absolute Gasteiger partial charge is 0.481 e. The Bertz CT molecular complexity index is 169. The van der Waals surface area contributed by atoms with E-state index < -0.39 is 17.2 Å². The van der Waals surface area contributed by atoms with E-state index in [1.54, 1.807) is 6.92 Å². The molecule has 0 amide bonds. The van der Waals surface area contributed by atoms with Crippen LogP contribution < -0.4 is 0 Å². The van der Waals surface area contributed by atoms with Crippen LogP contribution in [-0.4, -0.2) is 28.9 Å². The molecule has 5 heteroatoms. The monoisotopic (exact) mass is 192 g/mol. The standard InChI is InChI=1S/C7H12O4S/c1-2-11-7(10)4-5(12)3-6(8)9/h5,12H,2-4H2,1H3,(H,8,9). The van der Waals surface area contributed by atoms with E-state index in [4.69, 9.17) is 5.11 Å². The van der Waals surface area contributed by atoms with Crippen molar-refractivity contribution >= 4 is 24.6 Å². The highest BCUT2D eigenvalue weighted by Crippen LogP contribution is 2.07. The van der Waals surface area contributed by atoms with Crippen LogP contribution in [0.3, 0.4) is 0 Å². The first-order chi connectivity index (χ1) is 5.56. The molecule has 0 radical (unpaired) electrons. The van der Waals surface area contributed by atoms with Gasteiger partial charge in [0, 0.05) is 5.25 Å².